The highest BCUT2D eigenvalue weighted by molar-refractivity contribution is 9.10. The lowest BCUT2D eigenvalue weighted by molar-refractivity contribution is -0.116. The van der Waals surface area contributed by atoms with Crippen LogP contribution in [-0.2, 0) is 17.6 Å². The van der Waals surface area contributed by atoms with Crippen molar-refractivity contribution in [2.45, 2.75) is 32.6 Å². The molecule has 0 saturated carbocycles. The molecule has 0 spiro atoms. The third kappa shape index (κ3) is 4.30. The van der Waals surface area contributed by atoms with Crippen LogP contribution < -0.4 is 5.32 Å². The summed E-state index contributed by atoms with van der Waals surface area (Å²) in [5, 5.41) is 2.87. The number of nitrogens with one attached hydrogen (secondary N) is 1. The number of hydrogen-bond donors (Lipinski definition) is 1. The second-order valence-electron chi connectivity index (χ2n) is 6.43. The second kappa shape index (κ2) is 7.70. The Morgan fingerprint density at radius 3 is 2.72 bits per heavy atom. The van der Waals surface area contributed by atoms with Crippen LogP contribution >= 0.6 is 27.3 Å². The largest absolute Gasteiger partial charge is 0.332 e. The third-order valence-electron chi connectivity index (χ3n) is 4.40. The lowest BCUT2D eigenvalue weighted by atomic mass is 9.99. The Bertz CT molecular complexity index is 792. The number of anilines is 1. The number of rotatable bonds is 4. The molecule has 1 aromatic heterocycles. The van der Waals surface area contributed by atoms with Gasteiger partial charge < -0.3 is 10.2 Å². The molecule has 0 aliphatic heterocycles. The van der Waals surface area contributed by atoms with E-state index in [9.17, 15) is 9.59 Å². The van der Waals surface area contributed by atoms with Gasteiger partial charge in [0, 0.05) is 22.1 Å². The number of benzene rings is 1. The normalized spacial score (nSPS) is 13.2. The minimum atomic E-state index is -0.192. The maximum atomic E-state index is 12.6. The smallest absolute Gasteiger partial charge is 0.264 e. The Labute approximate surface area is 160 Å². The molecule has 1 N–H and O–H groups in total. The van der Waals surface area contributed by atoms with Crippen LogP contribution in [0.2, 0.25) is 0 Å². The van der Waals surface area contributed by atoms with Gasteiger partial charge in [0.15, 0.2) is 0 Å². The van der Waals surface area contributed by atoms with Crippen LogP contribution in [-0.4, -0.2) is 30.3 Å². The van der Waals surface area contributed by atoms with Crippen LogP contribution in [0.4, 0.5) is 5.69 Å². The van der Waals surface area contributed by atoms with Gasteiger partial charge in [-0.05, 0) is 68.0 Å². The van der Waals surface area contributed by atoms with Crippen LogP contribution in [0, 0.1) is 6.92 Å². The average molecular weight is 421 g/mol. The zero-order valence-electron chi connectivity index (χ0n) is 14.4. The molecule has 132 valence electrons. The highest BCUT2D eigenvalue weighted by Gasteiger charge is 2.21. The van der Waals surface area contributed by atoms with Crippen LogP contribution in [0.1, 0.15) is 38.5 Å². The lowest BCUT2D eigenvalue weighted by Gasteiger charge is -2.16. The van der Waals surface area contributed by atoms with E-state index in [1.54, 1.807) is 18.4 Å². The van der Waals surface area contributed by atoms with Crippen molar-refractivity contribution in [2.24, 2.45) is 0 Å². The number of hydrogen-bond acceptors (Lipinski definition) is 3. The average Bonchev–Trinajstić information content (AvgIpc) is 3.00. The van der Waals surface area contributed by atoms with Crippen molar-refractivity contribution in [2.75, 3.05) is 18.9 Å². The summed E-state index contributed by atoms with van der Waals surface area (Å²) in [6.45, 7) is 1.97. The van der Waals surface area contributed by atoms with Crippen LogP contribution in [0.15, 0.2) is 28.7 Å². The van der Waals surface area contributed by atoms with Crippen molar-refractivity contribution in [1.29, 1.82) is 0 Å². The Hall–Kier alpha value is -1.66. The highest BCUT2D eigenvalue weighted by Crippen LogP contribution is 2.30. The maximum Gasteiger partial charge on any atom is 0.264 e. The van der Waals surface area contributed by atoms with E-state index >= 15 is 0 Å². The maximum absolute atomic E-state index is 12.6. The van der Waals surface area contributed by atoms with Gasteiger partial charge in [0.05, 0.1) is 11.4 Å². The first-order chi connectivity index (χ1) is 11.9. The Kier molecular flexibility index (Phi) is 5.59. The Morgan fingerprint density at radius 2 is 2.00 bits per heavy atom. The van der Waals surface area contributed by atoms with Gasteiger partial charge in [-0.3, -0.25) is 9.59 Å². The van der Waals surface area contributed by atoms with Crippen molar-refractivity contribution in [1.82, 2.24) is 4.90 Å². The van der Waals surface area contributed by atoms with Crippen LogP contribution in [0.5, 0.6) is 0 Å². The molecule has 2 amide bonds. The molecule has 2 aromatic rings. The number of halogens is 1. The number of aryl methyl sites for hydroxylation is 3. The molecular formula is C19H21BrN2O2S. The number of likely N-dealkylation sites (N-methyl/N-ethyl adjacent to an activating group) is 1. The first kappa shape index (κ1) is 18.1. The summed E-state index contributed by atoms with van der Waals surface area (Å²) in [7, 11) is 1.68. The minimum Gasteiger partial charge on any atom is -0.332 e. The summed E-state index contributed by atoms with van der Waals surface area (Å²) in [4.78, 5) is 28.4. The van der Waals surface area contributed by atoms with E-state index in [0.717, 1.165) is 33.4 Å². The molecule has 0 radical (unpaired) electrons. The molecule has 3 rings (SSSR count). The summed E-state index contributed by atoms with van der Waals surface area (Å²) in [6, 6.07) is 7.69. The van der Waals surface area contributed by atoms with Gasteiger partial charge in [0.1, 0.15) is 0 Å². The minimum absolute atomic E-state index is 0.0386. The Balaban J connectivity index is 1.62. The molecule has 1 aromatic carbocycles. The highest BCUT2D eigenvalue weighted by atomic mass is 79.9. The monoisotopic (exact) mass is 420 g/mol. The van der Waals surface area contributed by atoms with Crippen molar-refractivity contribution >= 4 is 44.8 Å². The molecule has 0 saturated heterocycles. The van der Waals surface area contributed by atoms with Gasteiger partial charge in [-0.2, -0.15) is 0 Å². The van der Waals surface area contributed by atoms with Crippen molar-refractivity contribution in [3.63, 3.8) is 0 Å². The fourth-order valence-electron chi connectivity index (χ4n) is 3.03. The molecule has 1 aliphatic carbocycles. The quantitative estimate of drug-likeness (QED) is 0.795. The number of nitrogens with zero attached hydrogens (tertiary/aromatic N) is 1. The van der Waals surface area contributed by atoms with Gasteiger partial charge in [0.2, 0.25) is 5.91 Å². The third-order valence-corrected chi connectivity index (χ3v) is 6.12. The molecular weight excluding hydrogens is 400 g/mol. The molecule has 0 fully saturated rings. The van der Waals surface area contributed by atoms with Crippen LogP contribution in [0.3, 0.4) is 0 Å². The first-order valence-corrected chi connectivity index (χ1v) is 9.98. The van der Waals surface area contributed by atoms with Crippen molar-refractivity contribution in [3.05, 3.63) is 49.6 Å². The summed E-state index contributed by atoms with van der Waals surface area (Å²) < 4.78 is 0.969. The predicted molar refractivity (Wildman–Crippen MR) is 105 cm³/mol. The van der Waals surface area contributed by atoms with Gasteiger partial charge >= 0.3 is 0 Å². The zero-order chi connectivity index (χ0) is 18.0. The van der Waals surface area contributed by atoms with Crippen molar-refractivity contribution < 1.29 is 9.59 Å². The van der Waals surface area contributed by atoms with Gasteiger partial charge in [-0.15, -0.1) is 11.3 Å². The fourth-order valence-corrected chi connectivity index (χ4v) is 4.75. The Morgan fingerprint density at radius 1 is 1.24 bits per heavy atom. The van der Waals surface area contributed by atoms with E-state index in [2.05, 4.69) is 21.2 Å². The van der Waals surface area contributed by atoms with Gasteiger partial charge in [-0.25, -0.2) is 0 Å². The molecule has 25 heavy (non-hydrogen) atoms. The molecule has 0 bridgehead atoms. The zero-order valence-corrected chi connectivity index (χ0v) is 16.8. The van der Waals surface area contributed by atoms with Gasteiger partial charge in [0.25, 0.3) is 5.91 Å². The summed E-state index contributed by atoms with van der Waals surface area (Å²) in [5.74, 6) is -0.273. The molecule has 0 unspecified atom stereocenters. The molecule has 0 atom stereocenters. The fraction of sp³-hybridized carbons (Fsp3) is 0.368. The molecule has 1 aliphatic rings. The molecule has 4 nitrogen and oxygen atoms in total. The second-order valence-corrected chi connectivity index (χ2v) is 8.49. The van der Waals surface area contributed by atoms with E-state index in [4.69, 9.17) is 0 Å². The molecule has 1 heterocycles. The lowest BCUT2D eigenvalue weighted by Crippen LogP contribution is -2.34. The number of thiophene rings is 1. The number of carbonyl (C=O) groups is 2. The number of amides is 2. The van der Waals surface area contributed by atoms with E-state index in [1.807, 2.05) is 31.2 Å². The van der Waals surface area contributed by atoms with Crippen molar-refractivity contribution in [3.8, 4) is 0 Å². The van der Waals surface area contributed by atoms with Crippen LogP contribution in [0.25, 0.3) is 0 Å². The number of fused-ring (bicyclic) bond motifs is 1. The SMILES string of the molecule is Cc1cc(Br)ccc1NC(=O)CN(C)C(=O)c1cc2c(s1)CCCC2. The standard InChI is InChI=1S/C19H21BrN2O2S/c1-12-9-14(20)7-8-15(12)21-18(23)11-22(2)19(24)17-10-13-5-3-4-6-16(13)25-17/h7-10H,3-6,11H2,1-2H3,(H,21,23). The summed E-state index contributed by atoms with van der Waals surface area (Å²) in [6.07, 6.45) is 4.53. The van der Waals surface area contributed by atoms with E-state index < -0.39 is 0 Å². The van der Waals surface area contributed by atoms with Gasteiger partial charge in [-0.1, -0.05) is 15.9 Å². The molecule has 6 heteroatoms. The van der Waals surface area contributed by atoms with E-state index in [-0.39, 0.29) is 18.4 Å². The van der Waals surface area contributed by atoms with E-state index in [1.165, 1.54) is 28.2 Å². The topological polar surface area (TPSA) is 49.4 Å². The summed E-state index contributed by atoms with van der Waals surface area (Å²) >= 11 is 4.99. The first-order valence-electron chi connectivity index (χ1n) is 8.37. The summed E-state index contributed by atoms with van der Waals surface area (Å²) in [5.41, 5.74) is 3.05. The number of carbonyl (C=O) groups excluding carboxylic acids is 2. The predicted octanol–water partition coefficient (Wildman–Crippen LogP) is 4.41. The van der Waals surface area contributed by atoms with E-state index in [0.29, 0.717) is 0 Å².